The van der Waals surface area contributed by atoms with Gasteiger partial charge in [-0.15, -0.1) is 0 Å². The van der Waals surface area contributed by atoms with Gasteiger partial charge in [-0.3, -0.25) is 9.59 Å². The second kappa shape index (κ2) is 13.4. The monoisotopic (exact) mass is 485 g/mol. The van der Waals surface area contributed by atoms with Gasteiger partial charge in [0.15, 0.2) is 17.3 Å². The molecular formula is C26H35N3O6. The van der Waals surface area contributed by atoms with Crippen LogP contribution in [-0.4, -0.2) is 52.7 Å². The summed E-state index contributed by atoms with van der Waals surface area (Å²) in [4.78, 5) is 25.7. The number of anilines is 1. The molecule has 5 N–H and O–H groups in total. The van der Waals surface area contributed by atoms with Gasteiger partial charge >= 0.3 is 0 Å². The van der Waals surface area contributed by atoms with Gasteiger partial charge in [-0.05, 0) is 67.8 Å². The molecule has 0 saturated heterocycles. The number of allylic oxidation sites excluding steroid dienone is 1. The lowest BCUT2D eigenvalue weighted by molar-refractivity contribution is -0.117. The van der Waals surface area contributed by atoms with Crippen molar-refractivity contribution in [2.75, 3.05) is 40.3 Å². The van der Waals surface area contributed by atoms with Crippen LogP contribution in [0.2, 0.25) is 0 Å². The van der Waals surface area contributed by atoms with Crippen molar-refractivity contribution in [3.05, 3.63) is 47.0 Å². The van der Waals surface area contributed by atoms with Crippen LogP contribution in [0, 0.1) is 0 Å². The molecule has 0 saturated carbocycles. The van der Waals surface area contributed by atoms with E-state index in [1.807, 2.05) is 0 Å². The first-order chi connectivity index (χ1) is 16.8. The number of methoxy groups -OCH3 is 4. The number of hydrogen-bond acceptors (Lipinski definition) is 8. The highest BCUT2D eigenvalue weighted by Gasteiger charge is 2.19. The largest absolute Gasteiger partial charge is 0.495 e. The Morgan fingerprint density at radius 1 is 0.943 bits per heavy atom. The van der Waals surface area contributed by atoms with Crippen molar-refractivity contribution < 1.29 is 28.5 Å². The van der Waals surface area contributed by atoms with Gasteiger partial charge in [-0.25, -0.2) is 0 Å². The van der Waals surface area contributed by atoms with Crippen LogP contribution in [0.25, 0.3) is 6.08 Å². The predicted molar refractivity (Wildman–Crippen MR) is 137 cm³/mol. The summed E-state index contributed by atoms with van der Waals surface area (Å²) in [6, 6.07) is 7.79. The van der Waals surface area contributed by atoms with Gasteiger partial charge in [0.05, 0.1) is 40.2 Å². The number of carbonyl (C=O) groups is 2. The number of hydrogen-bond donors (Lipinski definition) is 3. The minimum Gasteiger partial charge on any atom is -0.495 e. The molecule has 35 heavy (non-hydrogen) atoms. The van der Waals surface area contributed by atoms with Crippen LogP contribution < -0.4 is 35.7 Å². The molecule has 9 nitrogen and oxygen atoms in total. The average Bonchev–Trinajstić information content (AvgIpc) is 2.87. The summed E-state index contributed by atoms with van der Waals surface area (Å²) >= 11 is 0. The smallest absolute Gasteiger partial charge is 0.241 e. The Bertz CT molecular complexity index is 1040. The Balaban J connectivity index is 2.30. The highest BCUT2D eigenvalue weighted by atomic mass is 16.5. The molecule has 0 spiro atoms. The first-order valence-corrected chi connectivity index (χ1v) is 11.3. The molecule has 9 heteroatoms. The van der Waals surface area contributed by atoms with E-state index in [1.165, 1.54) is 28.4 Å². The van der Waals surface area contributed by atoms with Crippen LogP contribution >= 0.6 is 0 Å². The number of ketones is 1. The van der Waals surface area contributed by atoms with Crippen LogP contribution in [0.15, 0.2) is 35.9 Å². The summed E-state index contributed by atoms with van der Waals surface area (Å²) in [5, 5.41) is 2.82. The third-order valence-corrected chi connectivity index (χ3v) is 5.46. The van der Waals surface area contributed by atoms with Crippen molar-refractivity contribution in [2.45, 2.75) is 32.2 Å². The van der Waals surface area contributed by atoms with Crippen LogP contribution in [0.4, 0.5) is 5.69 Å². The number of amides is 1. The first-order valence-electron chi connectivity index (χ1n) is 11.3. The minimum absolute atomic E-state index is 0.215. The standard InChI is InChI=1S/C26H35N3O6/c1-16(24(30)18-14-22(33-3)25(35-5)23(15-18)34-4)12-17-9-10-21(32-2)20(13-17)29-26(31)19(28)8-6-7-11-27/h9-10,12-15,19H,6-8,11,27-28H2,1-5H3,(H,29,31)/t19-/m0/s1. The van der Waals surface area contributed by atoms with Gasteiger partial charge in [0.25, 0.3) is 0 Å². The van der Waals surface area contributed by atoms with E-state index in [9.17, 15) is 9.59 Å². The van der Waals surface area contributed by atoms with Crippen molar-refractivity contribution >= 4 is 23.5 Å². The molecule has 0 aliphatic carbocycles. The molecule has 2 aromatic carbocycles. The number of rotatable bonds is 13. The van der Waals surface area contributed by atoms with Crippen LogP contribution in [-0.2, 0) is 4.79 Å². The Kier molecular flexibility index (Phi) is 10.6. The fourth-order valence-electron chi connectivity index (χ4n) is 3.53. The Labute approximate surface area is 206 Å². The lowest BCUT2D eigenvalue weighted by Crippen LogP contribution is -2.35. The van der Waals surface area contributed by atoms with Gasteiger partial charge in [0, 0.05) is 5.56 Å². The maximum atomic E-state index is 13.1. The van der Waals surface area contributed by atoms with Gasteiger partial charge in [0.1, 0.15) is 5.75 Å². The van der Waals surface area contributed by atoms with Gasteiger partial charge in [0.2, 0.25) is 11.7 Å². The molecule has 1 atom stereocenters. The SMILES string of the molecule is COc1ccc(C=C(C)C(=O)c2cc(OC)c(OC)c(OC)c2)cc1NC(=O)[C@@H](N)CCCCN. The first kappa shape index (κ1) is 27.7. The highest BCUT2D eigenvalue weighted by Crippen LogP contribution is 2.38. The second-order valence-electron chi connectivity index (χ2n) is 7.91. The summed E-state index contributed by atoms with van der Waals surface area (Å²) in [5.41, 5.74) is 13.5. The molecule has 1 amide bonds. The number of benzene rings is 2. The van der Waals surface area contributed by atoms with Gasteiger partial charge in [-0.1, -0.05) is 12.5 Å². The summed E-state index contributed by atoms with van der Waals surface area (Å²) in [6.07, 6.45) is 3.84. The van der Waals surface area contributed by atoms with E-state index in [0.717, 1.165) is 12.8 Å². The molecule has 0 radical (unpaired) electrons. The number of nitrogens with one attached hydrogen (secondary N) is 1. The molecule has 2 rings (SSSR count). The summed E-state index contributed by atoms with van der Waals surface area (Å²) < 4.78 is 21.4. The topological polar surface area (TPSA) is 135 Å². The van der Waals surface area contributed by atoms with E-state index in [1.54, 1.807) is 43.3 Å². The molecule has 0 aliphatic heterocycles. The van der Waals surface area contributed by atoms with Crippen molar-refractivity contribution in [2.24, 2.45) is 11.5 Å². The number of ether oxygens (including phenoxy) is 4. The number of Topliss-reactive ketones (excluding diaryl/α,β-unsaturated/α-hetero) is 1. The molecule has 0 fully saturated rings. The van der Waals surface area contributed by atoms with Gasteiger partial charge < -0.3 is 35.7 Å². The maximum Gasteiger partial charge on any atom is 0.241 e. The number of unbranched alkanes of at least 4 members (excludes halogenated alkanes) is 1. The number of carbonyl (C=O) groups excluding carboxylic acids is 2. The second-order valence-corrected chi connectivity index (χ2v) is 7.91. The lowest BCUT2D eigenvalue weighted by Gasteiger charge is -2.15. The predicted octanol–water partition coefficient (Wildman–Crippen LogP) is 3.40. The zero-order valence-electron chi connectivity index (χ0n) is 21.0. The highest BCUT2D eigenvalue weighted by molar-refractivity contribution is 6.11. The van der Waals surface area contributed by atoms with Crippen molar-refractivity contribution in [3.8, 4) is 23.0 Å². The summed E-state index contributed by atoms with van der Waals surface area (Å²) in [6.45, 7) is 2.27. The third-order valence-electron chi connectivity index (χ3n) is 5.46. The molecule has 2 aromatic rings. The normalized spacial score (nSPS) is 12.0. The van der Waals surface area contributed by atoms with Crippen molar-refractivity contribution in [1.29, 1.82) is 0 Å². The number of nitrogens with two attached hydrogens (primary N) is 2. The third kappa shape index (κ3) is 7.21. The molecule has 0 aromatic heterocycles. The van der Waals surface area contributed by atoms with E-state index in [2.05, 4.69) is 5.32 Å². The van der Waals surface area contributed by atoms with Crippen LogP contribution in [0.5, 0.6) is 23.0 Å². The maximum absolute atomic E-state index is 13.1. The Morgan fingerprint density at radius 2 is 1.57 bits per heavy atom. The van der Waals surface area contributed by atoms with Gasteiger partial charge in [-0.2, -0.15) is 0 Å². The zero-order valence-corrected chi connectivity index (χ0v) is 21.0. The Hall–Kier alpha value is -3.56. The zero-order chi connectivity index (χ0) is 26.0. The molecule has 0 heterocycles. The van der Waals surface area contributed by atoms with Crippen molar-refractivity contribution in [3.63, 3.8) is 0 Å². The molecule has 0 aliphatic rings. The van der Waals surface area contributed by atoms with E-state index >= 15 is 0 Å². The van der Waals surface area contributed by atoms with Crippen LogP contribution in [0.3, 0.4) is 0 Å². The summed E-state index contributed by atoms with van der Waals surface area (Å²) in [7, 11) is 6.00. The molecule has 0 bridgehead atoms. The fraction of sp³-hybridized carbons (Fsp3) is 0.385. The van der Waals surface area contributed by atoms with E-state index < -0.39 is 6.04 Å². The fourth-order valence-corrected chi connectivity index (χ4v) is 3.53. The summed E-state index contributed by atoms with van der Waals surface area (Å²) in [5.74, 6) is 1.14. The lowest BCUT2D eigenvalue weighted by atomic mass is 10.0. The Morgan fingerprint density at radius 3 is 2.11 bits per heavy atom. The quantitative estimate of drug-likeness (QED) is 0.223. The minimum atomic E-state index is -0.659. The molecule has 190 valence electrons. The van der Waals surface area contributed by atoms with Crippen LogP contribution in [0.1, 0.15) is 42.1 Å². The average molecular weight is 486 g/mol. The van der Waals surface area contributed by atoms with E-state index in [-0.39, 0.29) is 11.7 Å². The van der Waals surface area contributed by atoms with E-state index in [0.29, 0.717) is 58.4 Å². The van der Waals surface area contributed by atoms with Crippen molar-refractivity contribution in [1.82, 2.24) is 0 Å². The van der Waals surface area contributed by atoms with E-state index in [4.69, 9.17) is 30.4 Å². The molecule has 0 unspecified atom stereocenters. The molecular weight excluding hydrogens is 450 g/mol.